The van der Waals surface area contributed by atoms with Crippen molar-refractivity contribution in [2.24, 2.45) is 11.8 Å². The molecular formula is C23H30N6O2. The Hall–Kier alpha value is -3.16. The molecule has 0 aliphatic carbocycles. The van der Waals surface area contributed by atoms with Crippen LogP contribution in [0.4, 0.5) is 11.5 Å². The monoisotopic (exact) mass is 422 g/mol. The normalized spacial score (nSPS) is 19.2. The zero-order valence-electron chi connectivity index (χ0n) is 18.6. The molecule has 1 saturated heterocycles. The molecule has 8 heteroatoms. The van der Waals surface area contributed by atoms with Crippen molar-refractivity contribution in [1.29, 1.82) is 0 Å². The van der Waals surface area contributed by atoms with Crippen molar-refractivity contribution < 1.29 is 4.79 Å². The van der Waals surface area contributed by atoms with E-state index in [1.807, 2.05) is 24.3 Å². The van der Waals surface area contributed by atoms with Crippen molar-refractivity contribution in [3.05, 3.63) is 52.7 Å². The van der Waals surface area contributed by atoms with E-state index in [1.54, 1.807) is 12.4 Å². The highest BCUT2D eigenvalue weighted by Crippen LogP contribution is 2.26. The van der Waals surface area contributed by atoms with Crippen LogP contribution >= 0.6 is 0 Å². The van der Waals surface area contributed by atoms with Crippen molar-refractivity contribution >= 4 is 23.1 Å². The third-order valence-corrected chi connectivity index (χ3v) is 5.78. The van der Waals surface area contributed by atoms with Gasteiger partial charge in [-0.1, -0.05) is 39.8 Å². The highest BCUT2D eigenvalue weighted by molar-refractivity contribution is 5.90. The first-order valence-electron chi connectivity index (χ1n) is 10.9. The van der Waals surface area contributed by atoms with Gasteiger partial charge in [0.1, 0.15) is 6.54 Å². The van der Waals surface area contributed by atoms with E-state index in [-0.39, 0.29) is 18.1 Å². The van der Waals surface area contributed by atoms with Crippen molar-refractivity contribution in [2.45, 2.75) is 46.6 Å². The number of carbonyl (C=O) groups is 1. The van der Waals surface area contributed by atoms with E-state index in [0.717, 1.165) is 18.7 Å². The predicted octanol–water partition coefficient (Wildman–Crippen LogP) is 3.14. The van der Waals surface area contributed by atoms with Crippen LogP contribution in [0.5, 0.6) is 0 Å². The summed E-state index contributed by atoms with van der Waals surface area (Å²) < 4.78 is 2.68. The van der Waals surface area contributed by atoms with Gasteiger partial charge >= 0.3 is 5.69 Å². The number of aromatic nitrogens is 4. The first-order chi connectivity index (χ1) is 14.8. The Morgan fingerprint density at radius 1 is 1.23 bits per heavy atom. The second-order valence-corrected chi connectivity index (χ2v) is 9.06. The summed E-state index contributed by atoms with van der Waals surface area (Å²) in [6.07, 6.45) is 4.40. The average molecular weight is 423 g/mol. The number of benzene rings is 1. The Morgan fingerprint density at radius 3 is 2.68 bits per heavy atom. The van der Waals surface area contributed by atoms with Crippen LogP contribution in [0.1, 0.15) is 45.6 Å². The van der Waals surface area contributed by atoms with E-state index in [4.69, 9.17) is 0 Å². The molecule has 1 amide bonds. The number of anilines is 2. The lowest BCUT2D eigenvalue weighted by molar-refractivity contribution is -0.117. The van der Waals surface area contributed by atoms with E-state index in [2.05, 4.69) is 48.0 Å². The average Bonchev–Trinajstić information content (AvgIpc) is 3.03. The predicted molar refractivity (Wildman–Crippen MR) is 122 cm³/mol. The maximum atomic E-state index is 12.9. The Labute approximate surface area is 181 Å². The van der Waals surface area contributed by atoms with Gasteiger partial charge in [-0.3, -0.25) is 4.79 Å². The molecule has 164 valence electrons. The van der Waals surface area contributed by atoms with Crippen molar-refractivity contribution in [1.82, 2.24) is 19.2 Å². The lowest BCUT2D eigenvalue weighted by atomic mass is 9.92. The zero-order valence-corrected chi connectivity index (χ0v) is 18.6. The second-order valence-electron chi connectivity index (χ2n) is 9.06. The fourth-order valence-electron chi connectivity index (χ4n) is 4.41. The van der Waals surface area contributed by atoms with Gasteiger partial charge in [0.2, 0.25) is 11.6 Å². The number of nitrogens with one attached hydrogen (secondary N) is 1. The van der Waals surface area contributed by atoms with Crippen LogP contribution in [0.2, 0.25) is 0 Å². The Kier molecular flexibility index (Phi) is 5.80. The molecule has 3 aromatic rings. The third kappa shape index (κ3) is 4.47. The summed E-state index contributed by atoms with van der Waals surface area (Å²) in [5.41, 5.74) is 2.00. The number of fused-ring (bicyclic) bond motifs is 1. The lowest BCUT2D eigenvalue weighted by Crippen LogP contribution is -2.39. The van der Waals surface area contributed by atoms with Crippen LogP contribution in [0.15, 0.2) is 41.5 Å². The van der Waals surface area contributed by atoms with Gasteiger partial charge in [-0.25, -0.2) is 18.9 Å². The zero-order chi connectivity index (χ0) is 22.1. The number of piperidine rings is 1. The molecule has 2 aromatic heterocycles. The molecule has 0 unspecified atom stereocenters. The lowest BCUT2D eigenvalue weighted by Gasteiger charge is -2.35. The first-order valence-corrected chi connectivity index (χ1v) is 10.9. The molecule has 0 bridgehead atoms. The molecule has 1 aliphatic heterocycles. The Morgan fingerprint density at radius 2 is 1.97 bits per heavy atom. The summed E-state index contributed by atoms with van der Waals surface area (Å²) >= 11 is 0. The van der Waals surface area contributed by atoms with Gasteiger partial charge in [0.05, 0.1) is 0 Å². The van der Waals surface area contributed by atoms with Crippen LogP contribution in [0, 0.1) is 11.8 Å². The fraction of sp³-hybridized carbons (Fsp3) is 0.478. The minimum absolute atomic E-state index is 0.154. The summed E-state index contributed by atoms with van der Waals surface area (Å²) in [6.45, 7) is 10.3. The standard InChI is InChI=1S/C23H30N6O2/c1-15(2)18-6-5-7-19(11-18)25-20(30)14-29-23(31)28-9-8-24-21(22(28)26-29)27-12-16(3)10-17(4)13-27/h5-9,11,15-17H,10,12-14H2,1-4H3,(H,25,30)/t16-,17+. The van der Waals surface area contributed by atoms with E-state index in [9.17, 15) is 9.59 Å². The van der Waals surface area contributed by atoms with Gasteiger partial charge in [-0.15, -0.1) is 5.10 Å². The highest BCUT2D eigenvalue weighted by Gasteiger charge is 2.26. The molecular weight excluding hydrogens is 392 g/mol. The van der Waals surface area contributed by atoms with E-state index >= 15 is 0 Å². The smallest absolute Gasteiger partial charge is 0.350 e. The van der Waals surface area contributed by atoms with Crippen molar-refractivity contribution in [3.63, 3.8) is 0 Å². The van der Waals surface area contributed by atoms with Crippen molar-refractivity contribution in [3.8, 4) is 0 Å². The van der Waals surface area contributed by atoms with Gasteiger partial charge in [0, 0.05) is 31.2 Å². The Balaban J connectivity index is 1.57. The molecule has 31 heavy (non-hydrogen) atoms. The largest absolute Gasteiger partial charge is 0.353 e. The molecule has 0 spiro atoms. The molecule has 1 aromatic carbocycles. The second kappa shape index (κ2) is 8.53. The van der Waals surface area contributed by atoms with Gasteiger partial charge in [-0.05, 0) is 41.9 Å². The van der Waals surface area contributed by atoms with Crippen LogP contribution in [0.25, 0.3) is 5.65 Å². The molecule has 1 fully saturated rings. The molecule has 2 atom stereocenters. The van der Waals surface area contributed by atoms with E-state index < -0.39 is 0 Å². The molecule has 1 N–H and O–H groups in total. The number of carbonyl (C=O) groups excluding carboxylic acids is 1. The van der Waals surface area contributed by atoms with Crippen LogP contribution < -0.4 is 15.9 Å². The molecule has 0 saturated carbocycles. The molecule has 3 heterocycles. The first kappa shape index (κ1) is 21.1. The number of amides is 1. The molecule has 4 rings (SSSR count). The van der Waals surface area contributed by atoms with Crippen LogP contribution in [-0.2, 0) is 11.3 Å². The maximum Gasteiger partial charge on any atom is 0.350 e. The van der Waals surface area contributed by atoms with Gasteiger partial charge in [0.25, 0.3) is 0 Å². The molecule has 0 radical (unpaired) electrons. The summed E-state index contributed by atoms with van der Waals surface area (Å²) in [6, 6.07) is 7.75. The minimum atomic E-state index is -0.345. The fourth-order valence-corrected chi connectivity index (χ4v) is 4.41. The Bertz CT molecular complexity index is 1140. The van der Waals surface area contributed by atoms with Gasteiger partial charge in [-0.2, -0.15) is 0 Å². The SMILES string of the molecule is CC(C)c1cccc(NC(=O)Cn2nc3c(N4C[C@H](C)C[C@H](C)C4)nccn3c2=O)c1. The molecule has 1 aliphatic rings. The van der Waals surface area contributed by atoms with Gasteiger partial charge in [0.15, 0.2) is 5.82 Å². The quantitative estimate of drug-likeness (QED) is 0.683. The number of rotatable bonds is 5. The third-order valence-electron chi connectivity index (χ3n) is 5.78. The van der Waals surface area contributed by atoms with Gasteiger partial charge < -0.3 is 10.2 Å². The van der Waals surface area contributed by atoms with Crippen LogP contribution in [0.3, 0.4) is 0 Å². The summed E-state index contributed by atoms with van der Waals surface area (Å²) in [4.78, 5) is 32.2. The summed E-state index contributed by atoms with van der Waals surface area (Å²) in [5, 5.41) is 7.34. The number of hydrogen-bond donors (Lipinski definition) is 1. The summed E-state index contributed by atoms with van der Waals surface area (Å²) in [5.74, 6) is 1.87. The van der Waals surface area contributed by atoms with E-state index in [1.165, 1.54) is 15.5 Å². The summed E-state index contributed by atoms with van der Waals surface area (Å²) in [7, 11) is 0. The minimum Gasteiger partial charge on any atom is -0.353 e. The number of nitrogens with zero attached hydrogens (tertiary/aromatic N) is 5. The number of hydrogen-bond acceptors (Lipinski definition) is 5. The van der Waals surface area contributed by atoms with Crippen molar-refractivity contribution in [2.75, 3.05) is 23.3 Å². The topological polar surface area (TPSA) is 84.5 Å². The van der Waals surface area contributed by atoms with Crippen LogP contribution in [-0.4, -0.2) is 38.2 Å². The van der Waals surface area contributed by atoms with E-state index in [0.29, 0.717) is 34.9 Å². The highest BCUT2D eigenvalue weighted by atomic mass is 16.2. The maximum absolute atomic E-state index is 12.9. The molecule has 8 nitrogen and oxygen atoms in total.